The molecular weight excluding hydrogens is 379 g/mol. The molecule has 0 heterocycles. The van der Waals surface area contributed by atoms with Crippen molar-refractivity contribution in [3.63, 3.8) is 0 Å². The van der Waals surface area contributed by atoms with Gasteiger partial charge in [0.2, 0.25) is 15.9 Å². The van der Waals surface area contributed by atoms with Crippen LogP contribution in [0.1, 0.15) is 43.4 Å². The number of nitrogens with zero attached hydrogens (tertiary/aromatic N) is 1. The van der Waals surface area contributed by atoms with Gasteiger partial charge in [-0.25, -0.2) is 17.1 Å². The molecule has 28 heavy (non-hydrogen) atoms. The lowest BCUT2D eigenvalue weighted by atomic mass is 9.63. The highest BCUT2D eigenvalue weighted by atomic mass is 32.2. The van der Waals surface area contributed by atoms with Crippen LogP contribution in [-0.2, 0) is 20.2 Å². The van der Waals surface area contributed by atoms with Gasteiger partial charge in [-0.05, 0) is 55.2 Å². The van der Waals surface area contributed by atoms with Crippen LogP contribution >= 0.6 is 0 Å². The number of carbonyl (C=O) groups excluding carboxylic acids is 1. The second-order valence-electron chi connectivity index (χ2n) is 7.50. The molecule has 1 saturated carbocycles. The van der Waals surface area contributed by atoms with E-state index in [9.17, 15) is 17.6 Å². The number of benzene rings is 2. The number of rotatable bonds is 6. The summed E-state index contributed by atoms with van der Waals surface area (Å²) < 4.78 is 39.2. The van der Waals surface area contributed by atoms with Gasteiger partial charge in [-0.1, -0.05) is 30.7 Å². The predicted octanol–water partition coefficient (Wildman–Crippen LogP) is 3.38. The number of carbonyl (C=O) groups is 1. The summed E-state index contributed by atoms with van der Waals surface area (Å²) in [6.07, 6.45) is 2.31. The Morgan fingerprint density at radius 2 is 1.79 bits per heavy atom. The fourth-order valence-corrected chi connectivity index (χ4v) is 4.42. The molecular formula is C21H25FN2O3S. The number of amides is 1. The van der Waals surface area contributed by atoms with Gasteiger partial charge >= 0.3 is 0 Å². The normalized spacial score (nSPS) is 17.0. The van der Waals surface area contributed by atoms with E-state index in [0.29, 0.717) is 18.4 Å². The van der Waals surface area contributed by atoms with E-state index in [1.165, 1.54) is 26.2 Å². The minimum Gasteiger partial charge on any atom is -0.349 e. The molecule has 1 N–H and O–H groups in total. The molecule has 7 heteroatoms. The van der Waals surface area contributed by atoms with Crippen LogP contribution < -0.4 is 5.32 Å². The van der Waals surface area contributed by atoms with Crippen molar-refractivity contribution in [2.45, 2.75) is 42.5 Å². The zero-order valence-electron chi connectivity index (χ0n) is 16.3. The van der Waals surface area contributed by atoms with Gasteiger partial charge in [0.1, 0.15) is 5.82 Å². The van der Waals surface area contributed by atoms with E-state index in [-0.39, 0.29) is 22.7 Å². The lowest BCUT2D eigenvalue weighted by molar-refractivity contribution is -0.130. The van der Waals surface area contributed by atoms with Crippen molar-refractivity contribution in [3.8, 4) is 0 Å². The number of sulfonamides is 1. The van der Waals surface area contributed by atoms with Crippen molar-refractivity contribution in [1.29, 1.82) is 0 Å². The second kappa shape index (κ2) is 7.64. The zero-order chi connectivity index (χ0) is 20.5. The van der Waals surface area contributed by atoms with Crippen molar-refractivity contribution in [1.82, 2.24) is 9.62 Å². The molecule has 1 unspecified atom stereocenters. The van der Waals surface area contributed by atoms with Crippen LogP contribution in [0.3, 0.4) is 0 Å². The molecule has 3 rings (SSSR count). The van der Waals surface area contributed by atoms with Crippen molar-refractivity contribution < 1.29 is 17.6 Å². The van der Waals surface area contributed by atoms with Crippen LogP contribution in [0.25, 0.3) is 0 Å². The topological polar surface area (TPSA) is 66.5 Å². The molecule has 2 aromatic rings. The summed E-state index contributed by atoms with van der Waals surface area (Å²) in [6.45, 7) is 1.85. The van der Waals surface area contributed by atoms with E-state index in [0.717, 1.165) is 16.3 Å². The molecule has 1 aliphatic rings. The van der Waals surface area contributed by atoms with Crippen molar-refractivity contribution in [2.24, 2.45) is 0 Å². The van der Waals surface area contributed by atoms with Crippen molar-refractivity contribution >= 4 is 15.9 Å². The van der Waals surface area contributed by atoms with E-state index in [1.54, 1.807) is 36.4 Å². The molecule has 2 aromatic carbocycles. The Morgan fingerprint density at radius 3 is 2.29 bits per heavy atom. The summed E-state index contributed by atoms with van der Waals surface area (Å²) >= 11 is 0. The van der Waals surface area contributed by atoms with Gasteiger partial charge in [-0.2, -0.15) is 0 Å². The summed E-state index contributed by atoms with van der Waals surface area (Å²) in [4.78, 5) is 13.2. The number of hydrogen-bond donors (Lipinski definition) is 1. The molecule has 0 radical (unpaired) electrons. The molecule has 1 amide bonds. The smallest absolute Gasteiger partial charge is 0.242 e. The van der Waals surface area contributed by atoms with E-state index in [2.05, 4.69) is 5.32 Å². The SMILES string of the molecule is CC(NC(=O)C1(c2cccc(F)c2)CCC1)c1ccc(S(=O)(=O)N(C)C)cc1. The van der Waals surface area contributed by atoms with Crippen LogP contribution in [0, 0.1) is 5.82 Å². The molecule has 0 aliphatic heterocycles. The van der Waals surface area contributed by atoms with E-state index < -0.39 is 15.4 Å². The van der Waals surface area contributed by atoms with E-state index in [4.69, 9.17) is 0 Å². The quantitative estimate of drug-likeness (QED) is 0.803. The molecule has 1 fully saturated rings. The van der Waals surface area contributed by atoms with Crippen LogP contribution in [0.5, 0.6) is 0 Å². The highest BCUT2D eigenvalue weighted by molar-refractivity contribution is 7.89. The Morgan fingerprint density at radius 1 is 1.14 bits per heavy atom. The second-order valence-corrected chi connectivity index (χ2v) is 9.65. The van der Waals surface area contributed by atoms with Crippen molar-refractivity contribution in [3.05, 3.63) is 65.5 Å². The first-order chi connectivity index (χ1) is 13.2. The fraction of sp³-hybridized carbons (Fsp3) is 0.381. The van der Waals surface area contributed by atoms with E-state index >= 15 is 0 Å². The van der Waals surface area contributed by atoms with E-state index in [1.807, 2.05) is 6.92 Å². The largest absolute Gasteiger partial charge is 0.349 e. The molecule has 0 spiro atoms. The summed E-state index contributed by atoms with van der Waals surface area (Å²) in [5, 5.41) is 3.02. The van der Waals surface area contributed by atoms with Gasteiger partial charge in [0.15, 0.2) is 0 Å². The van der Waals surface area contributed by atoms with Gasteiger partial charge in [-0.3, -0.25) is 4.79 Å². The van der Waals surface area contributed by atoms with Gasteiger partial charge < -0.3 is 5.32 Å². The lowest BCUT2D eigenvalue weighted by Gasteiger charge is -2.41. The number of nitrogens with one attached hydrogen (secondary N) is 1. The first kappa shape index (κ1) is 20.5. The summed E-state index contributed by atoms with van der Waals surface area (Å²) in [7, 11) is -0.525. The summed E-state index contributed by atoms with van der Waals surface area (Å²) in [5.41, 5.74) is 0.820. The van der Waals surface area contributed by atoms with Crippen LogP contribution in [0.15, 0.2) is 53.4 Å². The van der Waals surface area contributed by atoms with Gasteiger partial charge in [-0.15, -0.1) is 0 Å². The maximum atomic E-state index is 13.7. The molecule has 5 nitrogen and oxygen atoms in total. The monoisotopic (exact) mass is 404 g/mol. The van der Waals surface area contributed by atoms with Gasteiger partial charge in [0.25, 0.3) is 0 Å². The van der Waals surface area contributed by atoms with Gasteiger partial charge in [0, 0.05) is 14.1 Å². The molecule has 1 atom stereocenters. The van der Waals surface area contributed by atoms with Crippen LogP contribution in [0.4, 0.5) is 4.39 Å². The molecule has 0 aromatic heterocycles. The zero-order valence-corrected chi connectivity index (χ0v) is 17.1. The highest BCUT2D eigenvalue weighted by Gasteiger charge is 2.46. The number of hydrogen-bond acceptors (Lipinski definition) is 3. The van der Waals surface area contributed by atoms with Crippen molar-refractivity contribution in [2.75, 3.05) is 14.1 Å². The molecule has 150 valence electrons. The third-order valence-corrected chi connectivity index (χ3v) is 7.35. The van der Waals surface area contributed by atoms with Gasteiger partial charge in [0.05, 0.1) is 16.4 Å². The van der Waals surface area contributed by atoms with Crippen LogP contribution in [0.2, 0.25) is 0 Å². The minimum atomic E-state index is -3.49. The Kier molecular flexibility index (Phi) is 5.59. The average molecular weight is 405 g/mol. The first-order valence-corrected chi connectivity index (χ1v) is 10.7. The average Bonchev–Trinajstić information content (AvgIpc) is 2.60. The Balaban J connectivity index is 1.77. The Hall–Kier alpha value is -2.25. The first-order valence-electron chi connectivity index (χ1n) is 9.26. The highest BCUT2D eigenvalue weighted by Crippen LogP contribution is 2.44. The third kappa shape index (κ3) is 3.69. The summed E-state index contributed by atoms with van der Waals surface area (Å²) in [6, 6.07) is 12.4. The molecule has 1 aliphatic carbocycles. The third-order valence-electron chi connectivity index (χ3n) is 5.53. The molecule has 0 bridgehead atoms. The maximum Gasteiger partial charge on any atom is 0.242 e. The summed E-state index contributed by atoms with van der Waals surface area (Å²) in [5.74, 6) is -0.468. The maximum absolute atomic E-state index is 13.7. The Labute approximate surface area is 165 Å². The fourth-order valence-electron chi connectivity index (χ4n) is 3.52. The number of halogens is 1. The van der Waals surface area contributed by atoms with Crippen LogP contribution in [-0.4, -0.2) is 32.7 Å². The minimum absolute atomic E-state index is 0.123. The predicted molar refractivity (Wildman–Crippen MR) is 106 cm³/mol. The molecule has 0 saturated heterocycles. The standard InChI is InChI=1S/C21H25FN2O3S/c1-15(16-8-10-19(11-9-16)28(26,27)24(2)3)23-20(25)21(12-5-13-21)17-6-4-7-18(22)14-17/h4,6-11,14-15H,5,12-13H2,1-3H3,(H,23,25). The lowest BCUT2D eigenvalue weighted by Crippen LogP contribution is -2.49. The Bertz CT molecular complexity index is 967.